The van der Waals surface area contributed by atoms with Crippen LogP contribution < -0.4 is 5.32 Å². The summed E-state index contributed by atoms with van der Waals surface area (Å²) in [5.41, 5.74) is 2.03. The first-order chi connectivity index (χ1) is 10.7. The van der Waals surface area contributed by atoms with Gasteiger partial charge in [0, 0.05) is 18.1 Å². The van der Waals surface area contributed by atoms with Crippen LogP contribution in [-0.2, 0) is 6.42 Å². The number of nitrogens with zero attached hydrogens (tertiary/aromatic N) is 2. The summed E-state index contributed by atoms with van der Waals surface area (Å²) in [6.45, 7) is 0.782. The standard InChI is InChI=1S/C16H16N4O2/c21-16(22)11-6-7-14-12(10-11)13(19-20-14)4-3-9-18-15-5-1-2-8-17-15/h1-2,5-8,10H,3-4,9H2,(H,17,18)(H,19,20)(H,21,22). The molecule has 0 fully saturated rings. The number of carboxylic acids is 1. The summed E-state index contributed by atoms with van der Waals surface area (Å²) in [7, 11) is 0. The van der Waals surface area contributed by atoms with Gasteiger partial charge in [0.15, 0.2) is 0 Å². The molecule has 3 rings (SSSR count). The summed E-state index contributed by atoms with van der Waals surface area (Å²) < 4.78 is 0. The SMILES string of the molecule is O=C(O)c1ccc2[nH]nc(CCCNc3ccccn3)c2c1. The second kappa shape index (κ2) is 6.26. The number of aryl methyl sites for hydroxylation is 1. The third-order valence-corrected chi connectivity index (χ3v) is 3.45. The van der Waals surface area contributed by atoms with Gasteiger partial charge in [0.1, 0.15) is 5.82 Å². The molecule has 0 radical (unpaired) electrons. The van der Waals surface area contributed by atoms with E-state index in [4.69, 9.17) is 5.11 Å². The molecule has 1 aromatic carbocycles. The number of benzene rings is 1. The van der Waals surface area contributed by atoms with Crippen molar-refractivity contribution in [2.45, 2.75) is 12.8 Å². The van der Waals surface area contributed by atoms with E-state index in [2.05, 4.69) is 20.5 Å². The molecule has 2 heterocycles. The van der Waals surface area contributed by atoms with Crippen LogP contribution in [0.2, 0.25) is 0 Å². The molecule has 3 N–H and O–H groups in total. The van der Waals surface area contributed by atoms with Crippen LogP contribution in [0.25, 0.3) is 10.9 Å². The molecule has 112 valence electrons. The third kappa shape index (κ3) is 3.06. The van der Waals surface area contributed by atoms with E-state index in [9.17, 15) is 4.79 Å². The number of hydrogen-bond acceptors (Lipinski definition) is 4. The Morgan fingerprint density at radius 2 is 2.18 bits per heavy atom. The predicted octanol–water partition coefficient (Wildman–Crippen LogP) is 2.70. The fourth-order valence-electron chi connectivity index (χ4n) is 2.33. The van der Waals surface area contributed by atoms with E-state index in [1.807, 2.05) is 18.2 Å². The van der Waals surface area contributed by atoms with Crippen molar-refractivity contribution in [1.29, 1.82) is 0 Å². The van der Waals surface area contributed by atoms with Crippen molar-refractivity contribution in [1.82, 2.24) is 15.2 Å². The van der Waals surface area contributed by atoms with Crippen molar-refractivity contribution < 1.29 is 9.90 Å². The highest BCUT2D eigenvalue weighted by Crippen LogP contribution is 2.19. The molecule has 22 heavy (non-hydrogen) atoms. The van der Waals surface area contributed by atoms with Gasteiger partial charge in [-0.05, 0) is 43.2 Å². The molecule has 0 unspecified atom stereocenters. The second-order valence-corrected chi connectivity index (χ2v) is 4.98. The molecule has 0 saturated heterocycles. The average molecular weight is 296 g/mol. The van der Waals surface area contributed by atoms with Gasteiger partial charge in [0.2, 0.25) is 0 Å². The van der Waals surface area contributed by atoms with Gasteiger partial charge >= 0.3 is 5.97 Å². The molecule has 3 aromatic rings. The van der Waals surface area contributed by atoms with Crippen LogP contribution in [0.3, 0.4) is 0 Å². The maximum atomic E-state index is 11.0. The lowest BCUT2D eigenvalue weighted by Gasteiger charge is -2.04. The first-order valence-corrected chi connectivity index (χ1v) is 7.09. The van der Waals surface area contributed by atoms with Crippen molar-refractivity contribution in [3.05, 3.63) is 53.9 Å². The lowest BCUT2D eigenvalue weighted by Crippen LogP contribution is -2.04. The topological polar surface area (TPSA) is 90.9 Å². The maximum absolute atomic E-state index is 11.0. The minimum atomic E-state index is -0.925. The predicted molar refractivity (Wildman–Crippen MR) is 84.1 cm³/mol. The molecule has 6 nitrogen and oxygen atoms in total. The summed E-state index contributed by atoms with van der Waals surface area (Å²) in [4.78, 5) is 15.2. The monoisotopic (exact) mass is 296 g/mol. The minimum absolute atomic E-state index is 0.279. The lowest BCUT2D eigenvalue weighted by molar-refractivity contribution is 0.0697. The van der Waals surface area contributed by atoms with E-state index >= 15 is 0 Å². The number of hydrogen-bond donors (Lipinski definition) is 3. The fraction of sp³-hybridized carbons (Fsp3) is 0.188. The highest BCUT2D eigenvalue weighted by Gasteiger charge is 2.09. The van der Waals surface area contributed by atoms with Crippen molar-refractivity contribution >= 4 is 22.7 Å². The average Bonchev–Trinajstić information content (AvgIpc) is 2.95. The van der Waals surface area contributed by atoms with Gasteiger partial charge in [0.05, 0.1) is 16.8 Å². The molecule has 0 spiro atoms. The number of carboxylic acid groups (broad SMARTS) is 1. The quantitative estimate of drug-likeness (QED) is 0.608. The lowest BCUT2D eigenvalue weighted by atomic mass is 10.1. The van der Waals surface area contributed by atoms with Crippen LogP contribution in [0.1, 0.15) is 22.5 Å². The van der Waals surface area contributed by atoms with Gasteiger partial charge in [-0.2, -0.15) is 5.10 Å². The maximum Gasteiger partial charge on any atom is 0.335 e. The van der Waals surface area contributed by atoms with E-state index in [-0.39, 0.29) is 5.56 Å². The Bertz CT molecular complexity index is 783. The van der Waals surface area contributed by atoms with Gasteiger partial charge in [0.25, 0.3) is 0 Å². The highest BCUT2D eigenvalue weighted by atomic mass is 16.4. The first kappa shape index (κ1) is 14.1. The number of rotatable bonds is 6. The molecule has 6 heteroatoms. The second-order valence-electron chi connectivity index (χ2n) is 4.98. The summed E-state index contributed by atoms with van der Waals surface area (Å²) >= 11 is 0. The van der Waals surface area contributed by atoms with Crippen LogP contribution in [0.5, 0.6) is 0 Å². The summed E-state index contributed by atoms with van der Waals surface area (Å²) in [6, 6.07) is 10.7. The van der Waals surface area contributed by atoms with Crippen LogP contribution in [0.15, 0.2) is 42.6 Å². The van der Waals surface area contributed by atoms with Crippen molar-refractivity contribution in [2.75, 3.05) is 11.9 Å². The molecule has 0 saturated carbocycles. The number of fused-ring (bicyclic) bond motifs is 1. The Morgan fingerprint density at radius 3 is 2.95 bits per heavy atom. The zero-order chi connectivity index (χ0) is 15.4. The smallest absolute Gasteiger partial charge is 0.335 e. The number of anilines is 1. The van der Waals surface area contributed by atoms with Crippen LogP contribution in [0.4, 0.5) is 5.82 Å². The van der Waals surface area contributed by atoms with Gasteiger partial charge in [-0.1, -0.05) is 6.07 Å². The Labute approximate surface area is 127 Å². The molecule has 0 aliphatic rings. The van der Waals surface area contributed by atoms with Crippen LogP contribution in [-0.4, -0.2) is 32.8 Å². The molecule has 0 atom stereocenters. The summed E-state index contributed by atoms with van der Waals surface area (Å²) in [6.07, 6.45) is 3.40. The van der Waals surface area contributed by atoms with Gasteiger partial charge in [-0.3, -0.25) is 5.10 Å². The molecule has 0 bridgehead atoms. The van der Waals surface area contributed by atoms with E-state index in [0.29, 0.717) is 0 Å². The Balaban J connectivity index is 1.64. The zero-order valence-corrected chi connectivity index (χ0v) is 11.9. The molecule has 2 aromatic heterocycles. The molecular weight excluding hydrogens is 280 g/mol. The van der Waals surface area contributed by atoms with E-state index in [1.54, 1.807) is 24.4 Å². The number of carbonyl (C=O) groups is 1. The normalized spacial score (nSPS) is 10.7. The number of nitrogens with one attached hydrogen (secondary N) is 2. The Hall–Kier alpha value is -2.89. The van der Waals surface area contributed by atoms with Crippen LogP contribution >= 0.6 is 0 Å². The molecule has 0 amide bonds. The fourth-order valence-corrected chi connectivity index (χ4v) is 2.33. The zero-order valence-electron chi connectivity index (χ0n) is 11.9. The summed E-state index contributed by atoms with van der Waals surface area (Å²) in [5.74, 6) is -0.0755. The number of aromatic nitrogens is 3. The van der Waals surface area contributed by atoms with Crippen molar-refractivity contribution in [3.63, 3.8) is 0 Å². The highest BCUT2D eigenvalue weighted by molar-refractivity contribution is 5.94. The molecular formula is C16H16N4O2. The van der Waals surface area contributed by atoms with E-state index in [1.165, 1.54) is 0 Å². The third-order valence-electron chi connectivity index (χ3n) is 3.45. The minimum Gasteiger partial charge on any atom is -0.478 e. The number of pyridine rings is 1. The van der Waals surface area contributed by atoms with Gasteiger partial charge in [-0.15, -0.1) is 0 Å². The largest absolute Gasteiger partial charge is 0.478 e. The first-order valence-electron chi connectivity index (χ1n) is 7.09. The van der Waals surface area contributed by atoms with E-state index < -0.39 is 5.97 Å². The van der Waals surface area contributed by atoms with E-state index in [0.717, 1.165) is 41.8 Å². The Kier molecular flexibility index (Phi) is 4.00. The number of aromatic carboxylic acids is 1. The number of H-pyrrole nitrogens is 1. The molecule has 0 aliphatic heterocycles. The number of aromatic amines is 1. The van der Waals surface area contributed by atoms with Gasteiger partial charge < -0.3 is 10.4 Å². The Morgan fingerprint density at radius 1 is 1.27 bits per heavy atom. The van der Waals surface area contributed by atoms with Crippen molar-refractivity contribution in [2.24, 2.45) is 0 Å². The van der Waals surface area contributed by atoms with Crippen LogP contribution in [0, 0.1) is 0 Å². The molecule has 0 aliphatic carbocycles. The van der Waals surface area contributed by atoms with Crippen molar-refractivity contribution in [3.8, 4) is 0 Å². The summed E-state index contributed by atoms with van der Waals surface area (Å²) in [5, 5.41) is 20.4. The van der Waals surface area contributed by atoms with Gasteiger partial charge in [-0.25, -0.2) is 9.78 Å².